The number of halogens is 9. The largest absolute Gasteiger partial charge is 0.508 e. The number of hydrogen-bond donors (Lipinski definition) is 3. The number of benzene rings is 3. The van der Waals surface area contributed by atoms with Crippen LogP contribution in [0.15, 0.2) is 84.9 Å². The monoisotopic (exact) mass is 916 g/mol. The molecule has 2 atom stereocenters. The van der Waals surface area contributed by atoms with Gasteiger partial charge in [0.1, 0.15) is 30.7 Å². The Bertz CT molecular complexity index is 2560. The molecular weight excluding hydrogens is 889 g/mol. The molecule has 23 heteroatoms. The van der Waals surface area contributed by atoms with Crippen molar-refractivity contribution in [3.8, 4) is 0 Å². The number of ether oxygens (including phenoxy) is 3. The quantitative estimate of drug-likeness (QED) is 0.0632. The molecule has 61 heavy (non-hydrogen) atoms. The Morgan fingerprint density at radius 2 is 1.15 bits per heavy atom. The Morgan fingerprint density at radius 1 is 0.738 bits per heavy atom. The molecule has 1 fully saturated rings. The van der Waals surface area contributed by atoms with Crippen molar-refractivity contribution in [2.75, 3.05) is 19.8 Å². The van der Waals surface area contributed by atoms with Crippen molar-refractivity contribution < 1.29 is 65.5 Å². The number of carbonyl (C=O) groups is 2. The number of rotatable bonds is 11. The molecule has 6 aromatic rings. The van der Waals surface area contributed by atoms with Gasteiger partial charge in [-0.05, 0) is 48.6 Å². The van der Waals surface area contributed by atoms with E-state index in [4.69, 9.17) is 50.1 Å². The lowest BCUT2D eigenvalue weighted by Gasteiger charge is -2.19. The molecule has 0 spiro atoms. The van der Waals surface area contributed by atoms with Crippen LogP contribution < -0.4 is 0 Å². The predicted molar refractivity (Wildman–Crippen MR) is 207 cm³/mol. The van der Waals surface area contributed by atoms with Crippen LogP contribution >= 0.6 is 34.8 Å². The van der Waals surface area contributed by atoms with Crippen molar-refractivity contribution in [1.82, 2.24) is 29.9 Å². The molecule has 3 N–H and O–H groups in total. The summed E-state index contributed by atoms with van der Waals surface area (Å²) in [4.78, 5) is 44.0. The van der Waals surface area contributed by atoms with Gasteiger partial charge < -0.3 is 29.5 Å². The highest BCUT2D eigenvalue weighted by atomic mass is 35.5. The van der Waals surface area contributed by atoms with E-state index in [1.54, 1.807) is 66.7 Å². The molecule has 1 aliphatic rings. The van der Waals surface area contributed by atoms with Crippen LogP contribution in [0.3, 0.4) is 0 Å². The molecule has 0 amide bonds. The van der Waals surface area contributed by atoms with Crippen molar-refractivity contribution in [2.45, 2.75) is 42.8 Å². The zero-order chi connectivity index (χ0) is 44.5. The summed E-state index contributed by atoms with van der Waals surface area (Å²) in [5.41, 5.74) is 0.108. The Kier molecular flexibility index (Phi) is 15.1. The van der Waals surface area contributed by atoms with E-state index in [1.807, 2.05) is 0 Å². The average Bonchev–Trinajstić information content (AvgIpc) is 3.61. The Balaban J connectivity index is 0.000000173. The van der Waals surface area contributed by atoms with E-state index in [1.165, 1.54) is 6.07 Å². The summed E-state index contributed by atoms with van der Waals surface area (Å²) in [6.07, 6.45) is -5.45. The van der Waals surface area contributed by atoms with Crippen molar-refractivity contribution >= 4 is 80.2 Å². The van der Waals surface area contributed by atoms with Crippen LogP contribution in [0.4, 0.5) is 35.9 Å². The number of carbonyl (C=O) groups excluding carboxylic acids is 1. The minimum atomic E-state index is -3.49. The van der Waals surface area contributed by atoms with Gasteiger partial charge in [0, 0.05) is 6.42 Å². The van der Waals surface area contributed by atoms with Gasteiger partial charge >= 0.3 is 18.2 Å². The topological polar surface area (TPSA) is 200 Å². The number of aliphatic hydroxyl groups is 2. The minimum Gasteiger partial charge on any atom is -0.450 e. The summed E-state index contributed by atoms with van der Waals surface area (Å²) in [5.74, 6) is -10.3. The normalized spacial score (nSPS) is 14.8. The number of para-hydroxylation sites is 6. The Labute approximate surface area is 354 Å². The molecule has 1 aliphatic heterocycles. The first-order chi connectivity index (χ1) is 28.8. The highest BCUT2D eigenvalue weighted by molar-refractivity contribution is 6.31. The van der Waals surface area contributed by atoms with Gasteiger partial charge in [0.2, 0.25) is 0 Å². The van der Waals surface area contributed by atoms with Gasteiger partial charge in [-0.15, -0.1) is 0 Å². The van der Waals surface area contributed by atoms with Crippen LogP contribution in [0.2, 0.25) is 15.5 Å². The SMILES string of the molecule is O=C(O)OC/C=C/C(F)(F)c1nc2ccccc2nc1Cl.O=C1OCC(CC(F)(F)c2nc3ccccc3nc2Cl)O1.OCC(O)CC(F)(F)c1nc2ccccc2nc1Cl. The average molecular weight is 918 g/mol. The molecule has 7 rings (SSSR count). The Morgan fingerprint density at radius 3 is 1.56 bits per heavy atom. The van der Waals surface area contributed by atoms with Gasteiger partial charge in [-0.2, -0.15) is 26.3 Å². The molecule has 3 aromatic carbocycles. The van der Waals surface area contributed by atoms with Gasteiger partial charge in [0.05, 0.1) is 52.2 Å². The number of hydrogen-bond acceptors (Lipinski definition) is 13. The number of aromatic nitrogens is 6. The molecule has 2 unspecified atom stereocenters. The van der Waals surface area contributed by atoms with E-state index in [0.29, 0.717) is 33.7 Å². The van der Waals surface area contributed by atoms with Crippen LogP contribution in [-0.2, 0) is 32.0 Å². The van der Waals surface area contributed by atoms with E-state index in [0.717, 1.165) is 6.08 Å². The molecule has 4 heterocycles. The number of cyclic esters (lactones) is 2. The fourth-order valence-electron chi connectivity index (χ4n) is 5.31. The van der Waals surface area contributed by atoms with E-state index < -0.39 is 95.7 Å². The third-order valence-electron chi connectivity index (χ3n) is 8.06. The molecular formula is C38H29Cl3F6N6O8. The lowest BCUT2D eigenvalue weighted by atomic mass is 10.1. The molecule has 0 aliphatic carbocycles. The van der Waals surface area contributed by atoms with Crippen LogP contribution in [0.5, 0.6) is 0 Å². The van der Waals surface area contributed by atoms with E-state index >= 15 is 0 Å². The smallest absolute Gasteiger partial charge is 0.450 e. The lowest BCUT2D eigenvalue weighted by Crippen LogP contribution is -2.26. The zero-order valence-electron chi connectivity index (χ0n) is 30.7. The maximum atomic E-state index is 14.3. The maximum Gasteiger partial charge on any atom is 0.508 e. The molecule has 3 aromatic heterocycles. The number of nitrogens with zero attached hydrogens (tertiary/aromatic N) is 6. The predicted octanol–water partition coefficient (Wildman–Crippen LogP) is 9.04. The van der Waals surface area contributed by atoms with Gasteiger partial charge in [0.25, 0.3) is 11.8 Å². The number of allylic oxidation sites excluding steroid dienone is 1. The summed E-state index contributed by atoms with van der Waals surface area (Å²) >= 11 is 17.3. The first kappa shape index (κ1) is 46.4. The zero-order valence-corrected chi connectivity index (χ0v) is 33.0. The molecule has 0 bridgehead atoms. The third kappa shape index (κ3) is 12.2. The van der Waals surface area contributed by atoms with Crippen LogP contribution in [0.25, 0.3) is 33.1 Å². The molecule has 14 nitrogen and oxygen atoms in total. The third-order valence-corrected chi connectivity index (χ3v) is 8.85. The maximum absolute atomic E-state index is 14.3. The first-order valence-corrected chi connectivity index (χ1v) is 18.5. The van der Waals surface area contributed by atoms with Crippen molar-refractivity contribution in [3.63, 3.8) is 0 Å². The fraction of sp³-hybridized carbons (Fsp3) is 0.263. The van der Waals surface area contributed by atoms with Gasteiger partial charge in [-0.3, -0.25) is 0 Å². The standard InChI is InChI=1S/2C13H9ClF2N2O3.C12H11ClF2N2O2/c14-11-10(17-8-3-1-2-4-9(8)18-11)13(15,16)5-7-6-20-12(19)21-7;14-11-10(13(15,16)6-3-7-21-12(19)20)17-8-4-1-2-5-9(8)18-11;13-11-10(12(14,15)5-7(19)6-18)16-8-3-1-2-4-9(8)17-11/h1-4,7H,5-6H2;1-6H,7H2,(H,19,20);1-4,7,18-19H,5-6H2/b;6-3+;. The summed E-state index contributed by atoms with van der Waals surface area (Å²) < 4.78 is 97.6. The number of fused-ring (bicyclic) bond motifs is 3. The highest BCUT2D eigenvalue weighted by Crippen LogP contribution is 2.38. The summed E-state index contributed by atoms with van der Waals surface area (Å²) in [7, 11) is 0. The van der Waals surface area contributed by atoms with E-state index in [2.05, 4.69) is 44.1 Å². The van der Waals surface area contributed by atoms with E-state index in [-0.39, 0.29) is 17.3 Å². The van der Waals surface area contributed by atoms with Crippen LogP contribution in [-0.4, -0.2) is 89.6 Å². The molecule has 0 radical (unpaired) electrons. The molecule has 0 saturated carbocycles. The van der Waals surface area contributed by atoms with Gasteiger partial charge in [-0.25, -0.2) is 39.5 Å². The van der Waals surface area contributed by atoms with Crippen molar-refractivity contribution in [2.24, 2.45) is 0 Å². The van der Waals surface area contributed by atoms with Gasteiger partial charge in [-0.1, -0.05) is 71.2 Å². The second-order valence-electron chi connectivity index (χ2n) is 12.6. The second-order valence-corrected chi connectivity index (χ2v) is 13.7. The minimum absolute atomic E-state index is 0.215. The van der Waals surface area contributed by atoms with E-state index in [9.17, 15) is 35.9 Å². The van der Waals surface area contributed by atoms with Crippen molar-refractivity contribution in [3.05, 3.63) is 117 Å². The van der Waals surface area contributed by atoms with Gasteiger partial charge in [0.15, 0.2) is 21.2 Å². The molecule has 1 saturated heterocycles. The lowest BCUT2D eigenvalue weighted by molar-refractivity contribution is -0.0640. The first-order valence-electron chi connectivity index (χ1n) is 17.4. The summed E-state index contributed by atoms with van der Waals surface area (Å²) in [6.45, 7) is -1.47. The highest BCUT2D eigenvalue weighted by Gasteiger charge is 2.43. The number of alkyl halides is 6. The summed E-state index contributed by atoms with van der Waals surface area (Å²) in [5, 5.41) is 24.8. The van der Waals surface area contributed by atoms with Crippen LogP contribution in [0.1, 0.15) is 29.9 Å². The Hall–Kier alpha value is -5.67. The fourth-order valence-corrected chi connectivity index (χ4v) is 6.12. The number of aliphatic hydroxyl groups excluding tert-OH is 2. The molecule has 322 valence electrons. The van der Waals surface area contributed by atoms with Crippen molar-refractivity contribution in [1.29, 1.82) is 0 Å². The number of carboxylic acid groups (broad SMARTS) is 1. The second kappa shape index (κ2) is 19.8. The van der Waals surface area contributed by atoms with Crippen LogP contribution in [0, 0.1) is 0 Å². The summed E-state index contributed by atoms with van der Waals surface area (Å²) in [6, 6.07) is 19.5.